The average molecular weight is 145 g/mol. The van der Waals surface area contributed by atoms with Crippen molar-refractivity contribution in [2.24, 2.45) is 10.7 Å². The third-order valence-electron chi connectivity index (χ3n) is 0.438. The summed E-state index contributed by atoms with van der Waals surface area (Å²) in [5.74, 6) is 0. The highest BCUT2D eigenvalue weighted by atomic mass is 32.2. The lowest BCUT2D eigenvalue weighted by atomic mass is 10.9. The molecule has 0 rings (SSSR count). The predicted octanol–water partition coefficient (Wildman–Crippen LogP) is 0.188. The van der Waals surface area contributed by atoms with E-state index in [4.69, 9.17) is 11.1 Å². The Balaban J connectivity index is 3.75. The number of nitrogens with two attached hydrogens (primary N) is 1. The van der Waals surface area contributed by atoms with Crippen molar-refractivity contribution in [1.82, 2.24) is 0 Å². The summed E-state index contributed by atoms with van der Waals surface area (Å²) in [5.41, 5.74) is 5.13. The molecule has 9 heavy (non-hydrogen) atoms. The fraction of sp³-hybridized carbons (Fsp3) is 0.250. The van der Waals surface area contributed by atoms with Gasteiger partial charge in [-0.05, 0) is 18.7 Å². The second-order valence-electron chi connectivity index (χ2n) is 1.23. The van der Waals surface area contributed by atoms with Gasteiger partial charge in [0.25, 0.3) is 0 Å². The van der Waals surface area contributed by atoms with Gasteiger partial charge in [-0.15, -0.1) is 0 Å². The Labute approximate surface area is 57.0 Å². The summed E-state index contributed by atoms with van der Waals surface area (Å²) in [6.45, 7) is 1.57. The van der Waals surface area contributed by atoms with Gasteiger partial charge in [0.05, 0.1) is 5.04 Å². The molecule has 3 N–H and O–H groups in total. The molecule has 0 spiro atoms. The van der Waals surface area contributed by atoms with Crippen LogP contribution in [0.1, 0.15) is 6.92 Å². The first kappa shape index (κ1) is 8.16. The number of carbonyl (C=O) groups excluding carboxylic acids is 1. The molecule has 0 heterocycles. The molecule has 0 saturated carbocycles. The van der Waals surface area contributed by atoms with E-state index in [1.807, 2.05) is 0 Å². The summed E-state index contributed by atoms with van der Waals surface area (Å²) in [5, 5.41) is 7.32. The minimum atomic E-state index is 0.109. The lowest BCUT2D eigenvalue weighted by molar-refractivity contribution is -0.106. The van der Waals surface area contributed by atoms with Crippen LogP contribution in [0.3, 0.4) is 0 Å². The molecule has 4 nitrogen and oxygen atoms in total. The van der Waals surface area contributed by atoms with Crippen LogP contribution >= 0.6 is 11.8 Å². The monoisotopic (exact) mass is 145 g/mol. The number of rotatable bonds is 1. The number of nitrogens with one attached hydrogen (secondary N) is 1. The van der Waals surface area contributed by atoms with Crippen molar-refractivity contribution in [1.29, 1.82) is 5.41 Å². The van der Waals surface area contributed by atoms with Crippen LogP contribution in [0.15, 0.2) is 4.99 Å². The van der Waals surface area contributed by atoms with Gasteiger partial charge in [-0.1, -0.05) is 0 Å². The number of amides is 1. The van der Waals surface area contributed by atoms with Gasteiger partial charge in [0.2, 0.25) is 6.41 Å². The maximum atomic E-state index is 9.65. The van der Waals surface area contributed by atoms with E-state index in [2.05, 4.69) is 4.99 Å². The fourth-order valence-corrected chi connectivity index (χ4v) is 0.645. The summed E-state index contributed by atoms with van der Waals surface area (Å²) in [4.78, 5) is 12.8. The molecule has 0 aliphatic heterocycles. The molecule has 1 amide bonds. The molecule has 50 valence electrons. The second-order valence-corrected chi connectivity index (χ2v) is 2.47. The van der Waals surface area contributed by atoms with Crippen molar-refractivity contribution in [2.75, 3.05) is 0 Å². The van der Waals surface area contributed by atoms with Gasteiger partial charge in [-0.3, -0.25) is 10.2 Å². The predicted molar refractivity (Wildman–Crippen MR) is 38.7 cm³/mol. The minimum absolute atomic E-state index is 0.109. The van der Waals surface area contributed by atoms with Crippen LogP contribution in [0.2, 0.25) is 0 Å². The standard InChI is InChI=1S/C4H7N3OS/c1-3(5)9-4(6)7-2-8/h2,5H,1H3,(H2,6,7,8). The van der Waals surface area contributed by atoms with E-state index in [0.717, 1.165) is 11.8 Å². The van der Waals surface area contributed by atoms with Crippen molar-refractivity contribution < 1.29 is 4.79 Å². The van der Waals surface area contributed by atoms with Crippen molar-refractivity contribution >= 4 is 28.4 Å². The van der Waals surface area contributed by atoms with Crippen LogP contribution in [0.5, 0.6) is 0 Å². The van der Waals surface area contributed by atoms with Gasteiger partial charge in [0.1, 0.15) is 0 Å². The van der Waals surface area contributed by atoms with Crippen LogP contribution in [-0.4, -0.2) is 16.6 Å². The van der Waals surface area contributed by atoms with Gasteiger partial charge in [-0.2, -0.15) is 4.99 Å². The molecule has 0 fully saturated rings. The largest absolute Gasteiger partial charge is 0.378 e. The Kier molecular flexibility index (Phi) is 3.70. The van der Waals surface area contributed by atoms with Crippen molar-refractivity contribution in [3.05, 3.63) is 0 Å². The number of hydrogen-bond acceptors (Lipinski definition) is 3. The highest BCUT2D eigenvalue weighted by Gasteiger charge is 1.92. The fourth-order valence-electron chi connectivity index (χ4n) is 0.235. The van der Waals surface area contributed by atoms with E-state index < -0.39 is 0 Å². The number of carbonyl (C=O) groups is 1. The summed E-state index contributed by atoms with van der Waals surface area (Å²) < 4.78 is 0. The molecular formula is C4H7N3OS. The lowest BCUT2D eigenvalue weighted by Crippen LogP contribution is -2.08. The zero-order chi connectivity index (χ0) is 7.28. The summed E-state index contributed by atoms with van der Waals surface area (Å²) in [6, 6.07) is 0. The highest BCUT2D eigenvalue weighted by molar-refractivity contribution is 8.26. The topological polar surface area (TPSA) is 79.3 Å². The highest BCUT2D eigenvalue weighted by Crippen LogP contribution is 1.99. The zero-order valence-electron chi connectivity index (χ0n) is 4.92. The van der Waals surface area contributed by atoms with E-state index in [1.54, 1.807) is 6.92 Å². The quantitative estimate of drug-likeness (QED) is 0.314. The molecule has 0 atom stereocenters. The minimum Gasteiger partial charge on any atom is -0.378 e. The van der Waals surface area contributed by atoms with E-state index >= 15 is 0 Å². The number of hydrogen-bond donors (Lipinski definition) is 2. The van der Waals surface area contributed by atoms with E-state index in [0.29, 0.717) is 11.5 Å². The van der Waals surface area contributed by atoms with E-state index in [-0.39, 0.29) is 5.17 Å². The molecule has 0 aromatic carbocycles. The van der Waals surface area contributed by atoms with Crippen molar-refractivity contribution in [3.63, 3.8) is 0 Å². The first-order valence-electron chi connectivity index (χ1n) is 2.16. The maximum absolute atomic E-state index is 9.65. The van der Waals surface area contributed by atoms with Gasteiger partial charge in [0, 0.05) is 0 Å². The number of aliphatic imine (C=N–C) groups is 1. The van der Waals surface area contributed by atoms with Crippen LogP contribution in [0.4, 0.5) is 0 Å². The lowest BCUT2D eigenvalue weighted by Gasteiger charge is -1.91. The Bertz CT molecular complexity index is 154. The van der Waals surface area contributed by atoms with Gasteiger partial charge >= 0.3 is 0 Å². The van der Waals surface area contributed by atoms with E-state index in [9.17, 15) is 4.79 Å². The molecule has 0 radical (unpaired) electrons. The van der Waals surface area contributed by atoms with Gasteiger partial charge < -0.3 is 5.73 Å². The molecule has 0 aliphatic rings. The Morgan fingerprint density at radius 1 is 1.89 bits per heavy atom. The SMILES string of the molecule is CC(=N)SC(N)=NC=O. The second kappa shape index (κ2) is 4.08. The third kappa shape index (κ3) is 5.02. The van der Waals surface area contributed by atoms with Crippen LogP contribution in [0, 0.1) is 5.41 Å². The molecule has 0 aliphatic carbocycles. The zero-order valence-corrected chi connectivity index (χ0v) is 5.73. The van der Waals surface area contributed by atoms with Crippen LogP contribution in [-0.2, 0) is 4.79 Å². The Hall–Kier alpha value is -0.840. The van der Waals surface area contributed by atoms with Gasteiger partial charge in [0.15, 0.2) is 5.17 Å². The number of thioether (sulfide) groups is 1. The summed E-state index contributed by atoms with van der Waals surface area (Å²) in [6.07, 6.45) is 0.352. The molecule has 0 aromatic rings. The first-order chi connectivity index (χ1) is 4.16. The van der Waals surface area contributed by atoms with Crippen LogP contribution in [0.25, 0.3) is 0 Å². The van der Waals surface area contributed by atoms with Crippen molar-refractivity contribution in [3.8, 4) is 0 Å². The number of nitrogens with zero attached hydrogens (tertiary/aromatic N) is 1. The van der Waals surface area contributed by atoms with Crippen LogP contribution < -0.4 is 5.73 Å². The number of amidine groups is 1. The maximum Gasteiger partial charge on any atom is 0.235 e. The molecule has 5 heteroatoms. The molecule has 0 aromatic heterocycles. The molecule has 0 saturated heterocycles. The van der Waals surface area contributed by atoms with Gasteiger partial charge in [-0.25, -0.2) is 0 Å². The molecule has 0 unspecified atom stereocenters. The summed E-state index contributed by atoms with van der Waals surface area (Å²) >= 11 is 0.959. The molecular weight excluding hydrogens is 138 g/mol. The summed E-state index contributed by atoms with van der Waals surface area (Å²) in [7, 11) is 0. The third-order valence-corrected chi connectivity index (χ3v) is 1.06. The average Bonchev–Trinajstić information content (AvgIpc) is 1.63. The Morgan fingerprint density at radius 2 is 2.44 bits per heavy atom. The first-order valence-corrected chi connectivity index (χ1v) is 2.98. The smallest absolute Gasteiger partial charge is 0.235 e. The molecule has 0 bridgehead atoms. The normalized spacial score (nSPS) is 11.0. The van der Waals surface area contributed by atoms with E-state index in [1.165, 1.54) is 0 Å². The van der Waals surface area contributed by atoms with Crippen molar-refractivity contribution in [2.45, 2.75) is 6.92 Å². The Morgan fingerprint density at radius 3 is 2.78 bits per heavy atom.